The van der Waals surface area contributed by atoms with Gasteiger partial charge in [0, 0.05) is 13.1 Å². The molecule has 1 aliphatic heterocycles. The van der Waals surface area contributed by atoms with Gasteiger partial charge in [0.05, 0.1) is 25.9 Å². The second-order valence-corrected chi connectivity index (χ2v) is 5.82. The van der Waals surface area contributed by atoms with Gasteiger partial charge in [-0.3, -0.25) is 4.90 Å². The zero-order valence-electron chi connectivity index (χ0n) is 13.9. The SMILES string of the molecule is CCC(C)Oc1ccc(OCCCCN2CCOCC2)cc1. The molecule has 0 radical (unpaired) electrons. The molecule has 1 aromatic rings. The summed E-state index contributed by atoms with van der Waals surface area (Å²) < 4.78 is 16.9. The zero-order valence-corrected chi connectivity index (χ0v) is 13.9. The zero-order chi connectivity index (χ0) is 15.6. The molecule has 0 spiro atoms. The predicted molar refractivity (Wildman–Crippen MR) is 88.8 cm³/mol. The second-order valence-electron chi connectivity index (χ2n) is 5.82. The summed E-state index contributed by atoms with van der Waals surface area (Å²) in [6.07, 6.45) is 3.53. The first kappa shape index (κ1) is 17.1. The molecule has 1 aliphatic rings. The van der Waals surface area contributed by atoms with Crippen molar-refractivity contribution in [2.75, 3.05) is 39.5 Å². The molecule has 0 aromatic heterocycles. The van der Waals surface area contributed by atoms with Crippen molar-refractivity contribution in [3.8, 4) is 11.5 Å². The van der Waals surface area contributed by atoms with E-state index in [2.05, 4.69) is 18.7 Å². The normalized spacial score (nSPS) is 17.2. The molecule has 0 bridgehead atoms. The van der Waals surface area contributed by atoms with Crippen LogP contribution >= 0.6 is 0 Å². The first-order valence-corrected chi connectivity index (χ1v) is 8.47. The lowest BCUT2D eigenvalue weighted by Gasteiger charge is -2.26. The van der Waals surface area contributed by atoms with Gasteiger partial charge in [-0.2, -0.15) is 0 Å². The largest absolute Gasteiger partial charge is 0.494 e. The van der Waals surface area contributed by atoms with Crippen LogP contribution in [0.3, 0.4) is 0 Å². The number of unbranched alkanes of at least 4 members (excludes halogenated alkanes) is 1. The summed E-state index contributed by atoms with van der Waals surface area (Å²) in [6.45, 7) is 10.0. The van der Waals surface area contributed by atoms with E-state index in [-0.39, 0.29) is 6.10 Å². The van der Waals surface area contributed by atoms with Gasteiger partial charge < -0.3 is 14.2 Å². The molecule has 2 rings (SSSR count). The standard InChI is InChI=1S/C18H29NO3/c1-3-16(2)22-18-8-6-17(7-9-18)21-13-5-4-10-19-11-14-20-15-12-19/h6-9,16H,3-5,10-15H2,1-2H3. The van der Waals surface area contributed by atoms with Gasteiger partial charge in [-0.25, -0.2) is 0 Å². The fourth-order valence-corrected chi connectivity index (χ4v) is 2.38. The molecule has 4 nitrogen and oxygen atoms in total. The van der Waals surface area contributed by atoms with E-state index in [0.29, 0.717) is 0 Å². The molecular formula is C18H29NO3. The van der Waals surface area contributed by atoms with Crippen molar-refractivity contribution in [1.29, 1.82) is 0 Å². The highest BCUT2D eigenvalue weighted by molar-refractivity contribution is 5.31. The van der Waals surface area contributed by atoms with Gasteiger partial charge in [-0.1, -0.05) is 6.92 Å². The van der Waals surface area contributed by atoms with E-state index in [0.717, 1.165) is 63.8 Å². The smallest absolute Gasteiger partial charge is 0.119 e. The number of ether oxygens (including phenoxy) is 3. The molecule has 1 heterocycles. The van der Waals surface area contributed by atoms with Gasteiger partial charge in [0.25, 0.3) is 0 Å². The minimum atomic E-state index is 0.256. The summed E-state index contributed by atoms with van der Waals surface area (Å²) in [5.74, 6) is 1.83. The summed E-state index contributed by atoms with van der Waals surface area (Å²) >= 11 is 0. The Hall–Kier alpha value is -1.26. The van der Waals surface area contributed by atoms with Crippen LogP contribution in [-0.2, 0) is 4.74 Å². The molecule has 0 aliphatic carbocycles. The van der Waals surface area contributed by atoms with Crippen LogP contribution in [-0.4, -0.2) is 50.5 Å². The number of hydrogen-bond acceptors (Lipinski definition) is 4. The lowest BCUT2D eigenvalue weighted by Crippen LogP contribution is -2.36. The topological polar surface area (TPSA) is 30.9 Å². The minimum absolute atomic E-state index is 0.256. The summed E-state index contributed by atoms with van der Waals surface area (Å²) in [4.78, 5) is 2.46. The van der Waals surface area contributed by atoms with Gasteiger partial charge in [-0.05, 0) is 57.0 Å². The Morgan fingerprint density at radius 1 is 1.09 bits per heavy atom. The van der Waals surface area contributed by atoms with Crippen molar-refractivity contribution >= 4 is 0 Å². The van der Waals surface area contributed by atoms with Crippen LogP contribution in [0.15, 0.2) is 24.3 Å². The molecule has 1 atom stereocenters. The van der Waals surface area contributed by atoms with E-state index in [4.69, 9.17) is 14.2 Å². The van der Waals surface area contributed by atoms with E-state index in [1.165, 1.54) is 6.42 Å². The van der Waals surface area contributed by atoms with Gasteiger partial charge in [0.2, 0.25) is 0 Å². The van der Waals surface area contributed by atoms with Gasteiger partial charge >= 0.3 is 0 Å². The van der Waals surface area contributed by atoms with E-state index in [9.17, 15) is 0 Å². The maximum absolute atomic E-state index is 5.78. The van der Waals surface area contributed by atoms with E-state index < -0.39 is 0 Å². The summed E-state index contributed by atoms with van der Waals surface area (Å²) in [6, 6.07) is 7.93. The first-order valence-electron chi connectivity index (χ1n) is 8.47. The van der Waals surface area contributed by atoms with Crippen LogP contribution < -0.4 is 9.47 Å². The number of rotatable bonds is 9. The number of morpholine rings is 1. The lowest BCUT2D eigenvalue weighted by molar-refractivity contribution is 0.0368. The monoisotopic (exact) mass is 307 g/mol. The van der Waals surface area contributed by atoms with Crippen molar-refractivity contribution in [3.63, 3.8) is 0 Å². The van der Waals surface area contributed by atoms with Crippen molar-refractivity contribution in [2.45, 2.75) is 39.2 Å². The molecule has 0 saturated carbocycles. The molecular weight excluding hydrogens is 278 g/mol. The Bertz CT molecular complexity index is 401. The van der Waals surface area contributed by atoms with Crippen molar-refractivity contribution in [2.24, 2.45) is 0 Å². The van der Waals surface area contributed by atoms with Gasteiger partial charge in [-0.15, -0.1) is 0 Å². The molecule has 1 unspecified atom stereocenters. The Morgan fingerprint density at radius 2 is 1.77 bits per heavy atom. The highest BCUT2D eigenvalue weighted by atomic mass is 16.5. The lowest BCUT2D eigenvalue weighted by atomic mass is 10.3. The fourth-order valence-electron chi connectivity index (χ4n) is 2.38. The Morgan fingerprint density at radius 3 is 2.45 bits per heavy atom. The third-order valence-electron chi connectivity index (χ3n) is 3.98. The van der Waals surface area contributed by atoms with Crippen molar-refractivity contribution in [3.05, 3.63) is 24.3 Å². The van der Waals surface area contributed by atoms with Crippen molar-refractivity contribution in [1.82, 2.24) is 4.90 Å². The van der Waals surface area contributed by atoms with Gasteiger partial charge in [0.15, 0.2) is 0 Å². The molecule has 1 aromatic carbocycles. The van der Waals surface area contributed by atoms with Gasteiger partial charge in [0.1, 0.15) is 11.5 Å². The Kier molecular flexibility index (Phi) is 7.54. The number of benzene rings is 1. The molecule has 4 heteroatoms. The molecule has 1 fully saturated rings. The maximum atomic E-state index is 5.78. The molecule has 1 saturated heterocycles. The molecule has 22 heavy (non-hydrogen) atoms. The Labute approximate surface area is 134 Å². The predicted octanol–water partition coefficient (Wildman–Crippen LogP) is 3.36. The minimum Gasteiger partial charge on any atom is -0.494 e. The Balaban J connectivity index is 1.58. The van der Waals surface area contributed by atoms with Crippen LogP contribution in [0.25, 0.3) is 0 Å². The quantitative estimate of drug-likeness (QED) is 0.655. The van der Waals surface area contributed by atoms with Crippen LogP contribution in [0.1, 0.15) is 33.1 Å². The third-order valence-corrected chi connectivity index (χ3v) is 3.98. The third kappa shape index (κ3) is 6.24. The molecule has 124 valence electrons. The summed E-state index contributed by atoms with van der Waals surface area (Å²) in [7, 11) is 0. The maximum Gasteiger partial charge on any atom is 0.119 e. The summed E-state index contributed by atoms with van der Waals surface area (Å²) in [5.41, 5.74) is 0. The number of hydrogen-bond donors (Lipinski definition) is 0. The molecule has 0 N–H and O–H groups in total. The highest BCUT2D eigenvalue weighted by Crippen LogP contribution is 2.19. The van der Waals surface area contributed by atoms with Crippen molar-refractivity contribution < 1.29 is 14.2 Å². The van der Waals surface area contributed by atoms with Crippen LogP contribution in [0.2, 0.25) is 0 Å². The van der Waals surface area contributed by atoms with Crippen LogP contribution in [0, 0.1) is 0 Å². The second kappa shape index (κ2) is 9.70. The molecule has 0 amide bonds. The van der Waals surface area contributed by atoms with E-state index in [1.807, 2.05) is 24.3 Å². The van der Waals surface area contributed by atoms with Crippen LogP contribution in [0.4, 0.5) is 0 Å². The van der Waals surface area contributed by atoms with E-state index >= 15 is 0 Å². The summed E-state index contributed by atoms with van der Waals surface area (Å²) in [5, 5.41) is 0. The highest BCUT2D eigenvalue weighted by Gasteiger charge is 2.09. The van der Waals surface area contributed by atoms with Crippen LogP contribution in [0.5, 0.6) is 11.5 Å². The average Bonchev–Trinajstić information content (AvgIpc) is 2.57. The van der Waals surface area contributed by atoms with E-state index in [1.54, 1.807) is 0 Å². The fraction of sp³-hybridized carbons (Fsp3) is 0.667. The first-order chi connectivity index (χ1) is 10.8. The average molecular weight is 307 g/mol. The number of nitrogens with zero attached hydrogens (tertiary/aromatic N) is 1.